The van der Waals surface area contributed by atoms with Gasteiger partial charge in [-0.15, -0.1) is 11.3 Å². The molecule has 0 N–H and O–H groups in total. The minimum absolute atomic E-state index is 0.143. The summed E-state index contributed by atoms with van der Waals surface area (Å²) in [4.78, 5) is 25.4. The molecule has 5 heteroatoms. The van der Waals surface area contributed by atoms with Crippen LogP contribution in [0.15, 0.2) is 5.38 Å². The number of rotatable bonds is 2. The first-order chi connectivity index (χ1) is 5.65. The van der Waals surface area contributed by atoms with Gasteiger partial charge in [-0.25, -0.2) is 9.78 Å². The van der Waals surface area contributed by atoms with Crippen molar-refractivity contribution in [2.45, 2.75) is 6.92 Å². The third-order valence-corrected chi connectivity index (χ3v) is 2.14. The molecule has 1 rings (SSSR count). The molecule has 0 bridgehead atoms. The van der Waals surface area contributed by atoms with Crippen LogP contribution in [0.4, 0.5) is 0 Å². The van der Waals surface area contributed by atoms with Gasteiger partial charge in [-0.05, 0) is 0 Å². The highest BCUT2D eigenvalue weighted by Crippen LogP contribution is 2.10. The molecule has 0 aromatic carbocycles. The molecule has 1 aromatic rings. The quantitative estimate of drug-likeness (QED) is 0.512. The van der Waals surface area contributed by atoms with E-state index >= 15 is 0 Å². The Morgan fingerprint density at radius 1 is 1.58 bits per heavy atom. The largest absolute Gasteiger partial charge is 0.464 e. The van der Waals surface area contributed by atoms with E-state index in [1.165, 1.54) is 19.4 Å². The summed E-state index contributed by atoms with van der Waals surface area (Å²) in [6.45, 7) is 1.40. The van der Waals surface area contributed by atoms with Crippen molar-refractivity contribution in [1.82, 2.24) is 4.98 Å². The number of aromatic nitrogens is 1. The zero-order valence-corrected chi connectivity index (χ0v) is 7.47. The Hall–Kier alpha value is -1.23. The molecule has 0 saturated heterocycles. The lowest BCUT2D eigenvalue weighted by Gasteiger charge is -1.90. The number of hydrogen-bond donors (Lipinski definition) is 0. The van der Waals surface area contributed by atoms with Crippen LogP contribution in [-0.4, -0.2) is 23.8 Å². The van der Waals surface area contributed by atoms with Crippen LogP contribution >= 0.6 is 11.3 Å². The molecule has 64 valence electrons. The van der Waals surface area contributed by atoms with Crippen LogP contribution in [0.3, 0.4) is 0 Å². The molecule has 0 spiro atoms. The van der Waals surface area contributed by atoms with Crippen LogP contribution in [0.1, 0.15) is 27.2 Å². The van der Waals surface area contributed by atoms with Crippen molar-refractivity contribution in [3.05, 3.63) is 16.1 Å². The third kappa shape index (κ3) is 1.68. The lowest BCUT2D eigenvalue weighted by molar-refractivity contribution is 0.0595. The van der Waals surface area contributed by atoms with E-state index in [-0.39, 0.29) is 11.5 Å². The first-order valence-corrected chi connectivity index (χ1v) is 4.08. The van der Waals surface area contributed by atoms with E-state index in [2.05, 4.69) is 9.72 Å². The lowest BCUT2D eigenvalue weighted by Crippen LogP contribution is -2.02. The second kappa shape index (κ2) is 3.44. The number of thiazole rings is 1. The molecular formula is C7H7NO3S. The van der Waals surface area contributed by atoms with Crippen molar-refractivity contribution in [1.29, 1.82) is 0 Å². The number of nitrogens with zero attached hydrogens (tertiary/aromatic N) is 1. The van der Waals surface area contributed by atoms with E-state index in [0.29, 0.717) is 5.01 Å². The van der Waals surface area contributed by atoms with Crippen molar-refractivity contribution >= 4 is 23.1 Å². The van der Waals surface area contributed by atoms with Crippen molar-refractivity contribution in [2.24, 2.45) is 0 Å². The summed E-state index contributed by atoms with van der Waals surface area (Å²) in [7, 11) is 1.27. The maximum absolute atomic E-state index is 10.9. The number of methoxy groups -OCH3 is 1. The zero-order chi connectivity index (χ0) is 9.14. The lowest BCUT2D eigenvalue weighted by atomic mass is 10.4. The second-order valence-electron chi connectivity index (χ2n) is 2.09. The SMILES string of the molecule is COC(=O)c1csc(C(C)=O)n1. The summed E-state index contributed by atoms with van der Waals surface area (Å²) in [5.74, 6) is -0.658. The van der Waals surface area contributed by atoms with Gasteiger partial charge in [0.15, 0.2) is 16.5 Å². The predicted octanol–water partition coefficient (Wildman–Crippen LogP) is 1.13. The topological polar surface area (TPSA) is 56.3 Å². The molecule has 0 aliphatic rings. The highest BCUT2D eigenvalue weighted by atomic mass is 32.1. The van der Waals surface area contributed by atoms with Gasteiger partial charge < -0.3 is 4.74 Å². The van der Waals surface area contributed by atoms with Gasteiger partial charge in [0.1, 0.15) is 0 Å². The van der Waals surface area contributed by atoms with E-state index in [0.717, 1.165) is 11.3 Å². The van der Waals surface area contributed by atoms with Crippen LogP contribution in [-0.2, 0) is 4.74 Å². The van der Waals surface area contributed by atoms with E-state index in [9.17, 15) is 9.59 Å². The number of Topliss-reactive ketones (excluding diaryl/α,β-unsaturated/α-hetero) is 1. The molecule has 12 heavy (non-hydrogen) atoms. The Bertz CT molecular complexity index is 318. The van der Waals surface area contributed by atoms with Crippen LogP contribution in [0.25, 0.3) is 0 Å². The van der Waals surface area contributed by atoms with Gasteiger partial charge in [0.2, 0.25) is 0 Å². The van der Waals surface area contributed by atoms with E-state index < -0.39 is 5.97 Å². The Labute approximate surface area is 73.2 Å². The van der Waals surface area contributed by atoms with Gasteiger partial charge in [0.05, 0.1) is 7.11 Å². The van der Waals surface area contributed by atoms with Crippen molar-refractivity contribution in [2.75, 3.05) is 7.11 Å². The molecule has 0 radical (unpaired) electrons. The first-order valence-electron chi connectivity index (χ1n) is 3.20. The fraction of sp³-hybridized carbons (Fsp3) is 0.286. The minimum atomic E-state index is -0.515. The molecule has 0 aliphatic carbocycles. The standard InChI is InChI=1S/C7H7NO3S/c1-4(9)6-8-5(3-12-6)7(10)11-2/h3H,1-2H3. The van der Waals surface area contributed by atoms with E-state index in [1.54, 1.807) is 0 Å². The third-order valence-electron chi connectivity index (χ3n) is 1.20. The second-order valence-corrected chi connectivity index (χ2v) is 2.94. The number of ketones is 1. The molecular weight excluding hydrogens is 178 g/mol. The molecule has 0 aliphatic heterocycles. The Kier molecular flexibility index (Phi) is 2.54. The van der Waals surface area contributed by atoms with Gasteiger partial charge in [0.25, 0.3) is 0 Å². The van der Waals surface area contributed by atoms with Gasteiger partial charge in [-0.2, -0.15) is 0 Å². The van der Waals surface area contributed by atoms with E-state index in [1.807, 2.05) is 0 Å². The highest BCUT2D eigenvalue weighted by molar-refractivity contribution is 7.11. The molecule has 4 nitrogen and oxygen atoms in total. The molecule has 0 atom stereocenters. The van der Waals surface area contributed by atoms with E-state index in [4.69, 9.17) is 0 Å². The van der Waals surface area contributed by atoms with Gasteiger partial charge in [0, 0.05) is 12.3 Å². The molecule has 0 unspecified atom stereocenters. The normalized spacial score (nSPS) is 9.50. The van der Waals surface area contributed by atoms with Crippen molar-refractivity contribution in [3.8, 4) is 0 Å². The predicted molar refractivity (Wildman–Crippen MR) is 43.5 cm³/mol. The van der Waals surface area contributed by atoms with Crippen LogP contribution in [0.5, 0.6) is 0 Å². The number of hydrogen-bond acceptors (Lipinski definition) is 5. The van der Waals surface area contributed by atoms with Crippen LogP contribution in [0.2, 0.25) is 0 Å². The monoisotopic (exact) mass is 185 g/mol. The van der Waals surface area contributed by atoms with Crippen LogP contribution in [0, 0.1) is 0 Å². The molecule has 1 heterocycles. The fourth-order valence-corrected chi connectivity index (χ4v) is 1.32. The first kappa shape index (κ1) is 8.86. The summed E-state index contributed by atoms with van der Waals surface area (Å²) in [5, 5.41) is 1.83. The number of ether oxygens (including phenoxy) is 1. The number of carbonyl (C=O) groups excluding carboxylic acids is 2. The molecule has 1 aromatic heterocycles. The average Bonchev–Trinajstić information content (AvgIpc) is 2.51. The summed E-state index contributed by atoms with van der Waals surface area (Å²) in [6.07, 6.45) is 0. The summed E-state index contributed by atoms with van der Waals surface area (Å²) >= 11 is 1.14. The summed E-state index contributed by atoms with van der Waals surface area (Å²) in [5.41, 5.74) is 0.188. The Morgan fingerprint density at radius 2 is 2.25 bits per heavy atom. The molecule has 0 amide bonds. The van der Waals surface area contributed by atoms with Crippen molar-refractivity contribution < 1.29 is 14.3 Å². The fourth-order valence-electron chi connectivity index (χ4n) is 0.634. The zero-order valence-electron chi connectivity index (χ0n) is 6.66. The molecule has 0 fully saturated rings. The minimum Gasteiger partial charge on any atom is -0.464 e. The number of esters is 1. The average molecular weight is 185 g/mol. The highest BCUT2D eigenvalue weighted by Gasteiger charge is 2.12. The van der Waals surface area contributed by atoms with Gasteiger partial charge in [-0.1, -0.05) is 0 Å². The van der Waals surface area contributed by atoms with Crippen molar-refractivity contribution in [3.63, 3.8) is 0 Å². The molecule has 0 saturated carbocycles. The van der Waals surface area contributed by atoms with Crippen LogP contribution < -0.4 is 0 Å². The van der Waals surface area contributed by atoms with Gasteiger partial charge in [-0.3, -0.25) is 4.79 Å². The van der Waals surface area contributed by atoms with Gasteiger partial charge >= 0.3 is 5.97 Å². The maximum atomic E-state index is 10.9. The summed E-state index contributed by atoms with van der Waals surface area (Å²) < 4.78 is 4.42. The maximum Gasteiger partial charge on any atom is 0.357 e. The number of carbonyl (C=O) groups is 2. The smallest absolute Gasteiger partial charge is 0.357 e. The summed E-state index contributed by atoms with van der Waals surface area (Å²) in [6, 6.07) is 0. The Morgan fingerprint density at radius 3 is 2.67 bits per heavy atom. The Balaban J connectivity index is 2.91.